The molecule has 0 saturated heterocycles. The summed E-state index contributed by atoms with van der Waals surface area (Å²) in [6.45, 7) is 0.536. The molecule has 0 amide bonds. The molecule has 0 spiro atoms. The first kappa shape index (κ1) is 12.3. The van der Waals surface area contributed by atoms with Crippen molar-refractivity contribution in [2.24, 2.45) is 0 Å². The predicted molar refractivity (Wildman–Crippen MR) is 80.7 cm³/mol. The lowest BCUT2D eigenvalue weighted by Gasteiger charge is -2.21. The highest BCUT2D eigenvalue weighted by atomic mass is 35.5. The van der Waals surface area contributed by atoms with Crippen molar-refractivity contribution in [3.05, 3.63) is 34.5 Å². The topological polar surface area (TPSA) is 24.9 Å². The van der Waals surface area contributed by atoms with E-state index in [1.54, 1.807) is 0 Å². The molecule has 0 fully saturated rings. The number of pyridine rings is 1. The Morgan fingerprint density at radius 2 is 2.16 bits per heavy atom. The zero-order valence-corrected chi connectivity index (χ0v) is 11.4. The molecule has 1 aliphatic rings. The lowest BCUT2D eigenvalue weighted by molar-refractivity contribution is 0.672. The summed E-state index contributed by atoms with van der Waals surface area (Å²) in [6, 6.07) is 5.85. The molecule has 19 heavy (non-hydrogen) atoms. The zero-order valence-electron chi connectivity index (χ0n) is 10.7. The first-order valence-electron chi connectivity index (χ1n) is 6.58. The molecule has 3 rings (SSSR count). The van der Waals surface area contributed by atoms with Gasteiger partial charge in [-0.3, -0.25) is 4.98 Å². The molecule has 2 aromatic rings. The molecule has 0 radical (unpaired) electrons. The molecule has 1 N–H and O–H groups in total. The number of nitrogens with zero attached hydrogens (tertiary/aromatic N) is 1. The molecule has 96 valence electrons. The first-order chi connectivity index (χ1) is 9.29. The molecular weight excluding hydrogens is 256 g/mol. The molecule has 0 saturated carbocycles. The second kappa shape index (κ2) is 5.11. The second-order valence-electron chi connectivity index (χ2n) is 4.84. The monoisotopic (exact) mass is 270 g/mol. The van der Waals surface area contributed by atoms with Gasteiger partial charge in [0.25, 0.3) is 0 Å². The number of halogens is 1. The van der Waals surface area contributed by atoms with E-state index < -0.39 is 0 Å². The summed E-state index contributed by atoms with van der Waals surface area (Å²) in [6.07, 6.45) is 9.92. The average Bonchev–Trinajstić information content (AvgIpc) is 2.43. The van der Waals surface area contributed by atoms with Gasteiger partial charge < -0.3 is 5.32 Å². The summed E-state index contributed by atoms with van der Waals surface area (Å²) in [5.41, 5.74) is 4.62. The van der Waals surface area contributed by atoms with Crippen molar-refractivity contribution < 1.29 is 0 Å². The van der Waals surface area contributed by atoms with Crippen LogP contribution in [0.15, 0.2) is 18.2 Å². The van der Waals surface area contributed by atoms with Gasteiger partial charge in [-0.05, 0) is 49.4 Å². The number of rotatable bonds is 2. The van der Waals surface area contributed by atoms with E-state index in [1.807, 2.05) is 18.2 Å². The van der Waals surface area contributed by atoms with Gasteiger partial charge in [0.15, 0.2) is 0 Å². The highest BCUT2D eigenvalue weighted by Crippen LogP contribution is 2.34. The summed E-state index contributed by atoms with van der Waals surface area (Å²) in [5, 5.41) is 5.20. The third-order valence-corrected chi connectivity index (χ3v) is 3.83. The lowest BCUT2D eigenvalue weighted by atomic mass is 9.92. The average molecular weight is 271 g/mol. The molecule has 1 aliphatic carbocycles. The van der Waals surface area contributed by atoms with Gasteiger partial charge in [-0.1, -0.05) is 17.5 Å². The van der Waals surface area contributed by atoms with E-state index in [4.69, 9.17) is 23.0 Å². The molecule has 1 aromatic heterocycles. The first-order valence-corrected chi connectivity index (χ1v) is 6.96. The van der Waals surface area contributed by atoms with Gasteiger partial charge in [0.1, 0.15) is 0 Å². The van der Waals surface area contributed by atoms with Crippen LogP contribution in [0.25, 0.3) is 10.9 Å². The zero-order chi connectivity index (χ0) is 13.2. The standard InChI is InChI=1S/C16H15ClN2/c1-2-9-18-16-12-5-3-4-6-14(12)19-15-10-11(17)7-8-13(15)16/h1,7-8,10H,3-6,9H2,(H,18,19). The van der Waals surface area contributed by atoms with Crippen LogP contribution in [0.1, 0.15) is 24.1 Å². The quantitative estimate of drug-likeness (QED) is 0.840. The van der Waals surface area contributed by atoms with Crippen LogP contribution in [-0.4, -0.2) is 11.5 Å². The number of hydrogen-bond donors (Lipinski definition) is 1. The highest BCUT2D eigenvalue weighted by molar-refractivity contribution is 6.31. The molecule has 0 unspecified atom stereocenters. The summed E-state index contributed by atoms with van der Waals surface area (Å²) in [5.74, 6) is 2.64. The van der Waals surface area contributed by atoms with Gasteiger partial charge >= 0.3 is 0 Å². The Kier molecular flexibility index (Phi) is 3.31. The van der Waals surface area contributed by atoms with Crippen LogP contribution in [0.3, 0.4) is 0 Å². The molecule has 0 atom stereocenters. The van der Waals surface area contributed by atoms with Crippen LogP contribution in [0.4, 0.5) is 5.69 Å². The Bertz CT molecular complexity index is 670. The summed E-state index contributed by atoms with van der Waals surface area (Å²) in [4.78, 5) is 4.77. The van der Waals surface area contributed by atoms with Crippen molar-refractivity contribution >= 4 is 28.2 Å². The smallest absolute Gasteiger partial charge is 0.0763 e. The fourth-order valence-corrected chi connectivity index (χ4v) is 2.91. The molecule has 0 aliphatic heterocycles. The Hall–Kier alpha value is -1.72. The minimum absolute atomic E-state index is 0.536. The minimum Gasteiger partial charge on any atom is -0.373 e. The van der Waals surface area contributed by atoms with Crippen molar-refractivity contribution in [3.63, 3.8) is 0 Å². The van der Waals surface area contributed by atoms with E-state index in [0.717, 1.165) is 34.5 Å². The van der Waals surface area contributed by atoms with Crippen LogP contribution in [0, 0.1) is 12.3 Å². The van der Waals surface area contributed by atoms with E-state index in [2.05, 4.69) is 11.2 Å². The number of terminal acetylenes is 1. The maximum absolute atomic E-state index is 6.07. The fraction of sp³-hybridized carbons (Fsp3) is 0.312. The van der Waals surface area contributed by atoms with Gasteiger partial charge in [-0.15, -0.1) is 6.42 Å². The largest absolute Gasteiger partial charge is 0.373 e. The van der Waals surface area contributed by atoms with Crippen molar-refractivity contribution in [2.45, 2.75) is 25.7 Å². The van der Waals surface area contributed by atoms with Gasteiger partial charge in [-0.2, -0.15) is 0 Å². The van der Waals surface area contributed by atoms with E-state index in [0.29, 0.717) is 6.54 Å². The molecule has 3 heteroatoms. The maximum atomic E-state index is 6.07. The summed E-state index contributed by atoms with van der Waals surface area (Å²) in [7, 11) is 0. The van der Waals surface area contributed by atoms with Crippen molar-refractivity contribution in [3.8, 4) is 12.3 Å². The number of nitrogens with one attached hydrogen (secondary N) is 1. The Labute approximate surface area is 118 Å². The third kappa shape index (κ3) is 2.27. The summed E-state index contributed by atoms with van der Waals surface area (Å²) >= 11 is 6.07. The molecule has 2 nitrogen and oxygen atoms in total. The molecule has 1 heterocycles. The van der Waals surface area contributed by atoms with Gasteiger partial charge in [0, 0.05) is 21.8 Å². The number of fused-ring (bicyclic) bond motifs is 2. The van der Waals surface area contributed by atoms with Crippen molar-refractivity contribution in [1.29, 1.82) is 0 Å². The Morgan fingerprint density at radius 3 is 3.00 bits per heavy atom. The van der Waals surface area contributed by atoms with Crippen molar-refractivity contribution in [1.82, 2.24) is 4.98 Å². The van der Waals surface area contributed by atoms with Gasteiger partial charge in [0.2, 0.25) is 0 Å². The van der Waals surface area contributed by atoms with Gasteiger partial charge in [-0.25, -0.2) is 0 Å². The van der Waals surface area contributed by atoms with Crippen LogP contribution in [-0.2, 0) is 12.8 Å². The Balaban J connectivity index is 2.24. The van der Waals surface area contributed by atoms with Crippen LogP contribution >= 0.6 is 11.6 Å². The third-order valence-electron chi connectivity index (χ3n) is 3.59. The number of anilines is 1. The highest BCUT2D eigenvalue weighted by Gasteiger charge is 2.17. The SMILES string of the molecule is C#CCNc1c2c(nc3cc(Cl)ccc13)CCCC2. The number of benzene rings is 1. The molecule has 1 aromatic carbocycles. The van der Waals surface area contributed by atoms with E-state index in [-0.39, 0.29) is 0 Å². The van der Waals surface area contributed by atoms with Crippen molar-refractivity contribution in [2.75, 3.05) is 11.9 Å². The molecule has 0 bridgehead atoms. The lowest BCUT2D eigenvalue weighted by Crippen LogP contribution is -2.11. The van der Waals surface area contributed by atoms with E-state index in [1.165, 1.54) is 24.1 Å². The fourth-order valence-electron chi connectivity index (χ4n) is 2.74. The maximum Gasteiger partial charge on any atom is 0.0763 e. The van der Waals surface area contributed by atoms with Crippen LogP contribution in [0.5, 0.6) is 0 Å². The second-order valence-corrected chi connectivity index (χ2v) is 5.27. The van der Waals surface area contributed by atoms with Crippen LogP contribution in [0.2, 0.25) is 5.02 Å². The predicted octanol–water partition coefficient (Wildman–Crippen LogP) is 3.81. The normalized spacial score (nSPS) is 13.9. The number of aryl methyl sites for hydroxylation is 1. The Morgan fingerprint density at radius 1 is 1.32 bits per heavy atom. The number of aromatic nitrogens is 1. The summed E-state index contributed by atoms with van der Waals surface area (Å²) < 4.78 is 0. The van der Waals surface area contributed by atoms with E-state index in [9.17, 15) is 0 Å². The van der Waals surface area contributed by atoms with Gasteiger partial charge in [0.05, 0.1) is 12.1 Å². The minimum atomic E-state index is 0.536. The van der Waals surface area contributed by atoms with E-state index >= 15 is 0 Å². The molecular formula is C16H15ClN2. The number of hydrogen-bond acceptors (Lipinski definition) is 2. The van der Waals surface area contributed by atoms with Crippen LogP contribution < -0.4 is 5.32 Å².